The summed E-state index contributed by atoms with van der Waals surface area (Å²) >= 11 is 0. The van der Waals surface area contributed by atoms with Crippen LogP contribution in [0.4, 0.5) is 4.79 Å². The number of hydrogen-bond donors (Lipinski definition) is 2. The second-order valence-corrected chi connectivity index (χ2v) is 2.79. The van der Waals surface area contributed by atoms with Crippen LogP contribution in [0.5, 0.6) is 0 Å². The van der Waals surface area contributed by atoms with Crippen molar-refractivity contribution in [3.63, 3.8) is 0 Å². The van der Waals surface area contributed by atoms with Crippen molar-refractivity contribution < 1.29 is 14.7 Å². The summed E-state index contributed by atoms with van der Waals surface area (Å²) in [4.78, 5) is 22.9. The molecule has 1 aliphatic heterocycles. The normalized spacial score (nSPS) is 20.1. The van der Waals surface area contributed by atoms with Crippen LogP contribution < -0.4 is 5.32 Å². The molecule has 0 aliphatic carbocycles. The Kier molecular flexibility index (Phi) is 2.52. The van der Waals surface area contributed by atoms with Gasteiger partial charge in [0.05, 0.1) is 0 Å². The minimum absolute atomic E-state index is 0.281. The third-order valence-electron chi connectivity index (χ3n) is 1.94. The quantitative estimate of drug-likeness (QED) is 0.609. The minimum atomic E-state index is -0.966. The van der Waals surface area contributed by atoms with E-state index in [4.69, 9.17) is 5.11 Å². The molecule has 1 aliphatic rings. The number of carboxylic acids is 1. The molecular weight excluding hydrogens is 160 g/mol. The van der Waals surface area contributed by atoms with Crippen LogP contribution in [0.1, 0.15) is 13.3 Å². The lowest BCUT2D eigenvalue weighted by atomic mass is 10.2. The molecule has 2 N–H and O–H groups in total. The predicted octanol–water partition coefficient (Wildman–Crippen LogP) is -0.125. The van der Waals surface area contributed by atoms with Crippen LogP contribution in [-0.2, 0) is 4.79 Å². The Morgan fingerprint density at radius 2 is 2.42 bits per heavy atom. The van der Waals surface area contributed by atoms with E-state index in [-0.39, 0.29) is 6.03 Å². The van der Waals surface area contributed by atoms with Crippen LogP contribution >= 0.6 is 0 Å². The molecule has 0 spiro atoms. The molecule has 5 nitrogen and oxygen atoms in total. The number of aliphatic carboxylic acids is 1. The summed E-state index contributed by atoms with van der Waals surface area (Å²) < 4.78 is 0. The van der Waals surface area contributed by atoms with E-state index in [2.05, 4.69) is 5.32 Å². The molecular formula is C7H12N2O3. The lowest BCUT2D eigenvalue weighted by Gasteiger charge is -2.30. The van der Waals surface area contributed by atoms with E-state index in [1.165, 1.54) is 11.8 Å². The molecule has 0 radical (unpaired) electrons. The van der Waals surface area contributed by atoms with E-state index < -0.39 is 12.0 Å². The highest BCUT2D eigenvalue weighted by molar-refractivity contribution is 5.82. The van der Waals surface area contributed by atoms with Gasteiger partial charge in [0.2, 0.25) is 0 Å². The number of nitrogens with zero attached hydrogens (tertiary/aromatic N) is 1. The van der Waals surface area contributed by atoms with Crippen LogP contribution in [0.3, 0.4) is 0 Å². The summed E-state index contributed by atoms with van der Waals surface area (Å²) in [5.74, 6) is -0.966. The third kappa shape index (κ3) is 1.66. The van der Waals surface area contributed by atoms with Gasteiger partial charge in [-0.3, -0.25) is 0 Å². The van der Waals surface area contributed by atoms with Gasteiger partial charge in [-0.2, -0.15) is 0 Å². The van der Waals surface area contributed by atoms with Gasteiger partial charge in [-0.1, -0.05) is 0 Å². The number of rotatable bonds is 2. The van der Waals surface area contributed by atoms with Gasteiger partial charge in [-0.05, 0) is 13.3 Å². The molecule has 5 heteroatoms. The molecule has 1 saturated heterocycles. The van der Waals surface area contributed by atoms with Crippen molar-refractivity contribution in [2.45, 2.75) is 19.4 Å². The van der Waals surface area contributed by atoms with Gasteiger partial charge in [0.15, 0.2) is 0 Å². The highest BCUT2D eigenvalue weighted by atomic mass is 16.4. The fourth-order valence-corrected chi connectivity index (χ4v) is 1.15. The first-order valence-electron chi connectivity index (χ1n) is 3.90. The van der Waals surface area contributed by atoms with Crippen LogP contribution in [0.15, 0.2) is 0 Å². The highest BCUT2D eigenvalue weighted by Gasteiger charge is 2.26. The molecule has 0 aromatic rings. The monoisotopic (exact) mass is 172 g/mol. The first kappa shape index (κ1) is 8.83. The van der Waals surface area contributed by atoms with Gasteiger partial charge in [0, 0.05) is 13.1 Å². The molecule has 0 aromatic heterocycles. The van der Waals surface area contributed by atoms with Crippen molar-refractivity contribution in [3.05, 3.63) is 0 Å². The van der Waals surface area contributed by atoms with Crippen molar-refractivity contribution in [1.29, 1.82) is 0 Å². The van der Waals surface area contributed by atoms with Crippen LogP contribution in [-0.4, -0.2) is 41.1 Å². The van der Waals surface area contributed by atoms with Gasteiger partial charge in [0.25, 0.3) is 0 Å². The van der Waals surface area contributed by atoms with E-state index in [1.54, 1.807) is 0 Å². The van der Waals surface area contributed by atoms with Gasteiger partial charge >= 0.3 is 12.0 Å². The molecule has 0 aromatic carbocycles. The van der Waals surface area contributed by atoms with E-state index in [9.17, 15) is 9.59 Å². The van der Waals surface area contributed by atoms with Crippen LogP contribution in [0.2, 0.25) is 0 Å². The maximum Gasteiger partial charge on any atom is 0.326 e. The minimum Gasteiger partial charge on any atom is -0.480 e. The number of amides is 2. The maximum atomic E-state index is 11.1. The van der Waals surface area contributed by atoms with Gasteiger partial charge < -0.3 is 15.3 Å². The Morgan fingerprint density at radius 3 is 2.92 bits per heavy atom. The number of urea groups is 1. The molecule has 0 unspecified atom stereocenters. The summed E-state index contributed by atoms with van der Waals surface area (Å²) in [6, 6.07) is -1.01. The Labute approximate surface area is 70.4 Å². The van der Waals surface area contributed by atoms with Gasteiger partial charge in [0.1, 0.15) is 6.04 Å². The molecule has 12 heavy (non-hydrogen) atoms. The van der Waals surface area contributed by atoms with Crippen molar-refractivity contribution >= 4 is 12.0 Å². The van der Waals surface area contributed by atoms with Gasteiger partial charge in [-0.25, -0.2) is 9.59 Å². The number of nitrogens with one attached hydrogen (secondary N) is 1. The van der Waals surface area contributed by atoms with Crippen molar-refractivity contribution in [3.8, 4) is 0 Å². The Morgan fingerprint density at radius 1 is 1.75 bits per heavy atom. The Hall–Kier alpha value is -1.26. The van der Waals surface area contributed by atoms with E-state index in [1.807, 2.05) is 0 Å². The summed E-state index contributed by atoms with van der Waals surface area (Å²) in [5.41, 5.74) is 0. The van der Waals surface area contributed by atoms with Crippen molar-refractivity contribution in [2.75, 3.05) is 13.1 Å². The summed E-state index contributed by atoms with van der Waals surface area (Å²) in [6.45, 7) is 2.67. The average Bonchev–Trinajstić information content (AvgIpc) is 2.04. The smallest absolute Gasteiger partial charge is 0.326 e. The first-order chi connectivity index (χ1) is 5.63. The number of carbonyl (C=O) groups excluding carboxylic acids is 1. The van der Waals surface area contributed by atoms with Crippen molar-refractivity contribution in [1.82, 2.24) is 10.2 Å². The lowest BCUT2D eigenvalue weighted by Crippen LogP contribution is -2.52. The predicted molar refractivity (Wildman–Crippen MR) is 41.8 cm³/mol. The second-order valence-electron chi connectivity index (χ2n) is 2.79. The molecule has 68 valence electrons. The zero-order valence-corrected chi connectivity index (χ0v) is 6.91. The van der Waals surface area contributed by atoms with Crippen molar-refractivity contribution in [2.24, 2.45) is 0 Å². The summed E-state index contributed by atoms with van der Waals surface area (Å²) in [6.07, 6.45) is 0.809. The zero-order valence-electron chi connectivity index (χ0n) is 6.91. The second kappa shape index (κ2) is 3.42. The summed E-state index contributed by atoms with van der Waals surface area (Å²) in [5, 5.41) is 11.2. The number of carboxylic acid groups (broad SMARTS) is 1. The first-order valence-corrected chi connectivity index (χ1v) is 3.90. The fraction of sp³-hybridized carbons (Fsp3) is 0.714. The summed E-state index contributed by atoms with van der Waals surface area (Å²) in [7, 11) is 0. The average molecular weight is 172 g/mol. The maximum absolute atomic E-state index is 11.1. The highest BCUT2D eigenvalue weighted by Crippen LogP contribution is 2.04. The Bertz CT molecular complexity index is 205. The van der Waals surface area contributed by atoms with E-state index in [0.29, 0.717) is 13.1 Å². The molecule has 0 bridgehead atoms. The molecule has 1 fully saturated rings. The number of hydrogen-bond acceptors (Lipinski definition) is 2. The fourth-order valence-electron chi connectivity index (χ4n) is 1.15. The molecule has 2 amide bonds. The molecule has 1 rings (SSSR count). The molecule has 1 atom stereocenters. The molecule has 1 heterocycles. The molecule has 0 saturated carbocycles. The standard InChI is InChI=1S/C7H12N2O3/c1-5(6(10)11)9-4-2-3-8-7(9)12/h5H,2-4H2,1H3,(H,8,12)(H,10,11)/t5-/m0/s1. The SMILES string of the molecule is C[C@@H](C(=O)O)N1CCCNC1=O. The zero-order chi connectivity index (χ0) is 9.14. The Balaban J connectivity index is 2.59. The van der Waals surface area contributed by atoms with Crippen LogP contribution in [0.25, 0.3) is 0 Å². The van der Waals surface area contributed by atoms with Crippen LogP contribution in [0, 0.1) is 0 Å². The van der Waals surface area contributed by atoms with Gasteiger partial charge in [-0.15, -0.1) is 0 Å². The number of carbonyl (C=O) groups is 2. The largest absolute Gasteiger partial charge is 0.480 e. The third-order valence-corrected chi connectivity index (χ3v) is 1.94. The van der Waals surface area contributed by atoms with E-state index in [0.717, 1.165) is 6.42 Å². The lowest BCUT2D eigenvalue weighted by molar-refractivity contribution is -0.141. The topological polar surface area (TPSA) is 69.6 Å². The van der Waals surface area contributed by atoms with E-state index >= 15 is 0 Å².